The zero-order valence-corrected chi connectivity index (χ0v) is 11.5. The summed E-state index contributed by atoms with van der Waals surface area (Å²) in [5.41, 5.74) is 4.91. The second-order valence-corrected chi connectivity index (χ2v) is 5.35. The molecule has 0 aromatic heterocycles. The number of hydrogen-bond acceptors (Lipinski definition) is 3. The van der Waals surface area contributed by atoms with Gasteiger partial charge in [-0.2, -0.15) is 0 Å². The summed E-state index contributed by atoms with van der Waals surface area (Å²) < 4.78 is 0. The van der Waals surface area contributed by atoms with Gasteiger partial charge in [0.05, 0.1) is 0 Å². The highest BCUT2D eigenvalue weighted by Crippen LogP contribution is 2.27. The number of rotatable bonds is 8. The summed E-state index contributed by atoms with van der Waals surface area (Å²) in [4.78, 5) is 13.9. The van der Waals surface area contributed by atoms with Gasteiger partial charge in [0.15, 0.2) is 0 Å². The first-order valence-corrected chi connectivity index (χ1v) is 6.79. The fourth-order valence-corrected chi connectivity index (χ4v) is 2.40. The van der Waals surface area contributed by atoms with Crippen molar-refractivity contribution in [2.24, 2.45) is 11.7 Å². The van der Waals surface area contributed by atoms with Gasteiger partial charge in [0.2, 0.25) is 5.91 Å². The molecular formula is C13H27N3O. The number of primary amides is 1. The van der Waals surface area contributed by atoms with E-state index in [2.05, 4.69) is 17.1 Å². The molecule has 1 atom stereocenters. The first-order valence-electron chi connectivity index (χ1n) is 6.79. The summed E-state index contributed by atoms with van der Waals surface area (Å²) in [5.74, 6) is 0.570. The highest BCUT2D eigenvalue weighted by molar-refractivity contribution is 5.84. The fourth-order valence-electron chi connectivity index (χ4n) is 2.40. The minimum absolute atomic E-state index is 0.258. The molecule has 0 bridgehead atoms. The molecule has 0 saturated heterocycles. The van der Waals surface area contributed by atoms with Gasteiger partial charge in [-0.3, -0.25) is 4.79 Å². The summed E-state index contributed by atoms with van der Waals surface area (Å²) in [6, 6.07) is 0. The topological polar surface area (TPSA) is 58.4 Å². The minimum atomic E-state index is -0.603. The Hall–Kier alpha value is -0.610. The lowest BCUT2D eigenvalue weighted by molar-refractivity contribution is -0.124. The Morgan fingerprint density at radius 3 is 2.47 bits per heavy atom. The van der Waals surface area contributed by atoms with Crippen LogP contribution in [0.25, 0.3) is 0 Å². The van der Waals surface area contributed by atoms with E-state index in [9.17, 15) is 4.79 Å². The number of nitrogens with zero attached hydrogens (tertiary/aromatic N) is 1. The zero-order valence-electron chi connectivity index (χ0n) is 11.5. The summed E-state index contributed by atoms with van der Waals surface area (Å²) in [6.45, 7) is 9.61. The maximum atomic E-state index is 11.6. The lowest BCUT2D eigenvalue weighted by Crippen LogP contribution is -2.60. The second kappa shape index (κ2) is 6.36. The number of nitrogens with two attached hydrogens (primary N) is 1. The SMILES string of the molecule is CCNC(C)(CN(CC)CC1CCC1)C(N)=O. The molecule has 0 radical (unpaired) electrons. The van der Waals surface area contributed by atoms with Crippen molar-refractivity contribution in [3.05, 3.63) is 0 Å². The smallest absolute Gasteiger partial charge is 0.238 e. The van der Waals surface area contributed by atoms with E-state index >= 15 is 0 Å². The molecule has 17 heavy (non-hydrogen) atoms. The molecule has 0 aliphatic heterocycles. The van der Waals surface area contributed by atoms with Gasteiger partial charge in [0.25, 0.3) is 0 Å². The van der Waals surface area contributed by atoms with Crippen molar-refractivity contribution >= 4 is 5.91 Å². The van der Waals surface area contributed by atoms with Crippen molar-refractivity contribution in [2.45, 2.75) is 45.6 Å². The third-order valence-electron chi connectivity index (χ3n) is 3.84. The maximum absolute atomic E-state index is 11.6. The van der Waals surface area contributed by atoms with Crippen LogP contribution < -0.4 is 11.1 Å². The van der Waals surface area contributed by atoms with Crippen LogP contribution in [0.2, 0.25) is 0 Å². The lowest BCUT2D eigenvalue weighted by Gasteiger charge is -2.37. The Morgan fingerprint density at radius 2 is 2.12 bits per heavy atom. The van der Waals surface area contributed by atoms with Crippen molar-refractivity contribution in [3.8, 4) is 0 Å². The van der Waals surface area contributed by atoms with Crippen LogP contribution in [0.15, 0.2) is 0 Å². The third kappa shape index (κ3) is 3.96. The Kier molecular flexibility index (Phi) is 5.40. The Balaban J connectivity index is 2.52. The highest BCUT2D eigenvalue weighted by Gasteiger charge is 2.33. The Bertz CT molecular complexity index is 253. The highest BCUT2D eigenvalue weighted by atomic mass is 16.1. The van der Waals surface area contributed by atoms with E-state index in [4.69, 9.17) is 5.73 Å². The van der Waals surface area contributed by atoms with E-state index in [-0.39, 0.29) is 5.91 Å². The molecule has 4 nitrogen and oxygen atoms in total. The van der Waals surface area contributed by atoms with Crippen molar-refractivity contribution in [2.75, 3.05) is 26.2 Å². The summed E-state index contributed by atoms with van der Waals surface area (Å²) in [7, 11) is 0. The molecule has 0 spiro atoms. The minimum Gasteiger partial charge on any atom is -0.368 e. The van der Waals surface area contributed by atoms with Crippen LogP contribution in [-0.4, -0.2) is 42.5 Å². The molecule has 4 heteroatoms. The van der Waals surface area contributed by atoms with Gasteiger partial charge in [-0.1, -0.05) is 20.3 Å². The molecule has 1 aliphatic rings. The van der Waals surface area contributed by atoms with Gasteiger partial charge < -0.3 is 16.0 Å². The molecule has 0 aromatic carbocycles. The summed E-state index contributed by atoms with van der Waals surface area (Å²) in [6.07, 6.45) is 4.04. The molecule has 3 N–H and O–H groups in total. The summed E-state index contributed by atoms with van der Waals surface area (Å²) in [5, 5.41) is 3.22. The molecular weight excluding hydrogens is 214 g/mol. The Labute approximate surface area is 105 Å². The predicted molar refractivity (Wildman–Crippen MR) is 70.7 cm³/mol. The molecule has 0 heterocycles. The normalized spacial score (nSPS) is 20.0. The largest absolute Gasteiger partial charge is 0.368 e. The van der Waals surface area contributed by atoms with Crippen molar-refractivity contribution < 1.29 is 4.79 Å². The Morgan fingerprint density at radius 1 is 1.47 bits per heavy atom. The monoisotopic (exact) mass is 241 g/mol. The second-order valence-electron chi connectivity index (χ2n) is 5.35. The third-order valence-corrected chi connectivity index (χ3v) is 3.84. The molecule has 1 fully saturated rings. The molecule has 1 rings (SSSR count). The van der Waals surface area contributed by atoms with Crippen LogP contribution in [0.1, 0.15) is 40.0 Å². The number of likely N-dealkylation sites (N-methyl/N-ethyl adjacent to an activating group) is 2. The van der Waals surface area contributed by atoms with Crippen molar-refractivity contribution in [3.63, 3.8) is 0 Å². The average molecular weight is 241 g/mol. The molecule has 1 unspecified atom stereocenters. The first-order chi connectivity index (χ1) is 8.01. The van der Waals surface area contributed by atoms with Gasteiger partial charge in [-0.05, 0) is 38.8 Å². The van der Waals surface area contributed by atoms with Gasteiger partial charge >= 0.3 is 0 Å². The molecule has 1 saturated carbocycles. The number of hydrogen-bond donors (Lipinski definition) is 2. The van der Waals surface area contributed by atoms with Crippen LogP contribution in [0.3, 0.4) is 0 Å². The maximum Gasteiger partial charge on any atom is 0.238 e. The van der Waals surface area contributed by atoms with Crippen molar-refractivity contribution in [1.29, 1.82) is 0 Å². The summed E-state index contributed by atoms with van der Waals surface area (Å²) >= 11 is 0. The van der Waals surface area contributed by atoms with E-state index in [0.717, 1.165) is 25.6 Å². The van der Waals surface area contributed by atoms with Crippen molar-refractivity contribution in [1.82, 2.24) is 10.2 Å². The van der Waals surface area contributed by atoms with Crippen LogP contribution in [-0.2, 0) is 4.79 Å². The van der Waals surface area contributed by atoms with Crippen LogP contribution in [0.4, 0.5) is 0 Å². The van der Waals surface area contributed by atoms with E-state index in [1.54, 1.807) is 0 Å². The van der Waals surface area contributed by atoms with Gasteiger partial charge in [-0.25, -0.2) is 0 Å². The molecule has 0 aromatic rings. The number of carbonyl (C=O) groups is 1. The van der Waals surface area contributed by atoms with E-state index in [1.807, 2.05) is 13.8 Å². The molecule has 100 valence electrons. The first kappa shape index (κ1) is 14.5. The standard InChI is InChI=1S/C13H27N3O/c1-4-15-13(3,12(14)17)10-16(5-2)9-11-7-6-8-11/h11,15H,4-10H2,1-3H3,(H2,14,17). The lowest BCUT2D eigenvalue weighted by atomic mass is 9.84. The van der Waals surface area contributed by atoms with E-state index in [1.165, 1.54) is 19.3 Å². The van der Waals surface area contributed by atoms with E-state index in [0.29, 0.717) is 6.54 Å². The van der Waals surface area contributed by atoms with Gasteiger partial charge in [0.1, 0.15) is 5.54 Å². The number of carbonyl (C=O) groups excluding carboxylic acids is 1. The van der Waals surface area contributed by atoms with Crippen LogP contribution in [0.5, 0.6) is 0 Å². The number of nitrogens with one attached hydrogen (secondary N) is 1. The molecule has 1 aliphatic carbocycles. The van der Waals surface area contributed by atoms with Crippen LogP contribution >= 0.6 is 0 Å². The van der Waals surface area contributed by atoms with Crippen LogP contribution in [0, 0.1) is 5.92 Å². The van der Waals surface area contributed by atoms with Gasteiger partial charge in [-0.15, -0.1) is 0 Å². The quantitative estimate of drug-likeness (QED) is 0.665. The van der Waals surface area contributed by atoms with Gasteiger partial charge in [0, 0.05) is 13.1 Å². The zero-order chi connectivity index (χ0) is 12.9. The predicted octanol–water partition coefficient (Wildman–Crippen LogP) is 0.962. The molecule has 1 amide bonds. The van der Waals surface area contributed by atoms with E-state index < -0.39 is 5.54 Å². The number of amides is 1. The average Bonchev–Trinajstić information content (AvgIpc) is 2.21. The fraction of sp³-hybridized carbons (Fsp3) is 0.923.